The highest BCUT2D eigenvalue weighted by molar-refractivity contribution is 5.53. The summed E-state index contributed by atoms with van der Waals surface area (Å²) >= 11 is 0. The van der Waals surface area contributed by atoms with Crippen LogP contribution in [0.2, 0.25) is 0 Å². The van der Waals surface area contributed by atoms with Crippen LogP contribution in [-0.4, -0.2) is 42.9 Å². The van der Waals surface area contributed by atoms with E-state index in [0.717, 1.165) is 30.9 Å². The van der Waals surface area contributed by atoms with E-state index in [1.54, 1.807) is 12.4 Å². The molecule has 0 aliphatic carbocycles. The third kappa shape index (κ3) is 4.07. The van der Waals surface area contributed by atoms with E-state index in [2.05, 4.69) is 45.3 Å². The van der Waals surface area contributed by atoms with Crippen LogP contribution in [-0.2, 0) is 13.1 Å². The second-order valence-corrected chi connectivity index (χ2v) is 6.94. The van der Waals surface area contributed by atoms with Crippen molar-refractivity contribution in [3.05, 3.63) is 66.2 Å². The van der Waals surface area contributed by atoms with Gasteiger partial charge in [-0.15, -0.1) is 0 Å². The molecule has 27 heavy (non-hydrogen) atoms. The first-order valence-electron chi connectivity index (χ1n) is 9.59. The standard InChI is InChI=1S/C21H25N5O/c27-15-14-26-21(23-20(24-26)18-9-11-22-12-10-18)19-8-4-5-13-25(19)16-17-6-2-1-3-7-17/h1-3,6-7,9-12,19,27H,4-5,8,13-16H2/t19-/m0/s1. The molecule has 1 aliphatic heterocycles. The zero-order valence-electron chi connectivity index (χ0n) is 15.4. The Hall–Kier alpha value is -2.57. The molecular weight excluding hydrogens is 338 g/mol. The molecule has 1 N–H and O–H groups in total. The van der Waals surface area contributed by atoms with Crippen LogP contribution in [0.3, 0.4) is 0 Å². The molecular formula is C21H25N5O. The molecule has 0 amide bonds. The van der Waals surface area contributed by atoms with Crippen molar-refractivity contribution < 1.29 is 5.11 Å². The van der Waals surface area contributed by atoms with Gasteiger partial charge < -0.3 is 5.11 Å². The Kier molecular flexibility index (Phi) is 5.55. The van der Waals surface area contributed by atoms with Crippen molar-refractivity contribution in [3.8, 4) is 11.4 Å². The van der Waals surface area contributed by atoms with Crippen LogP contribution in [0.15, 0.2) is 54.9 Å². The maximum absolute atomic E-state index is 9.51. The summed E-state index contributed by atoms with van der Waals surface area (Å²) < 4.78 is 1.88. The van der Waals surface area contributed by atoms with Gasteiger partial charge in [0.1, 0.15) is 5.82 Å². The number of benzene rings is 1. The summed E-state index contributed by atoms with van der Waals surface area (Å²) in [6.07, 6.45) is 6.96. The van der Waals surface area contributed by atoms with Gasteiger partial charge in [0.2, 0.25) is 0 Å². The Morgan fingerprint density at radius 3 is 2.63 bits per heavy atom. The number of likely N-dealkylation sites (tertiary alicyclic amines) is 1. The van der Waals surface area contributed by atoms with E-state index < -0.39 is 0 Å². The number of aliphatic hydroxyl groups excluding tert-OH is 1. The van der Waals surface area contributed by atoms with Crippen LogP contribution in [0.25, 0.3) is 11.4 Å². The summed E-state index contributed by atoms with van der Waals surface area (Å²) in [7, 11) is 0. The molecule has 6 nitrogen and oxygen atoms in total. The number of aliphatic hydroxyl groups is 1. The van der Waals surface area contributed by atoms with Gasteiger partial charge in [0, 0.05) is 24.5 Å². The van der Waals surface area contributed by atoms with E-state index in [-0.39, 0.29) is 12.6 Å². The monoisotopic (exact) mass is 363 g/mol. The van der Waals surface area contributed by atoms with Gasteiger partial charge in [-0.1, -0.05) is 36.8 Å². The van der Waals surface area contributed by atoms with Crippen molar-refractivity contribution in [2.75, 3.05) is 13.2 Å². The smallest absolute Gasteiger partial charge is 0.181 e. The summed E-state index contributed by atoms with van der Waals surface area (Å²) in [6, 6.07) is 14.6. The highest BCUT2D eigenvalue weighted by Gasteiger charge is 2.29. The first-order valence-corrected chi connectivity index (χ1v) is 9.59. The number of nitrogens with zero attached hydrogens (tertiary/aromatic N) is 5. The Morgan fingerprint density at radius 1 is 1.04 bits per heavy atom. The molecule has 0 radical (unpaired) electrons. The van der Waals surface area contributed by atoms with Crippen molar-refractivity contribution in [1.29, 1.82) is 0 Å². The molecule has 2 aromatic heterocycles. The van der Waals surface area contributed by atoms with Gasteiger partial charge in [0.15, 0.2) is 5.82 Å². The molecule has 4 rings (SSSR count). The van der Waals surface area contributed by atoms with Crippen LogP contribution in [0.5, 0.6) is 0 Å². The van der Waals surface area contributed by atoms with Gasteiger partial charge >= 0.3 is 0 Å². The molecule has 1 aromatic carbocycles. The second-order valence-electron chi connectivity index (χ2n) is 6.94. The van der Waals surface area contributed by atoms with E-state index >= 15 is 0 Å². The molecule has 3 heterocycles. The predicted molar refractivity (Wildman–Crippen MR) is 104 cm³/mol. The van der Waals surface area contributed by atoms with Gasteiger partial charge in [0.25, 0.3) is 0 Å². The SMILES string of the molecule is OCCn1nc(-c2ccncc2)nc1[C@@H]1CCCCN1Cc1ccccc1. The molecule has 140 valence electrons. The predicted octanol–water partition coefficient (Wildman–Crippen LogP) is 3.06. The summed E-state index contributed by atoms with van der Waals surface area (Å²) in [5.41, 5.74) is 2.26. The lowest BCUT2D eigenvalue weighted by Gasteiger charge is -2.35. The number of piperidine rings is 1. The van der Waals surface area contributed by atoms with Crippen molar-refractivity contribution >= 4 is 0 Å². The Balaban J connectivity index is 1.65. The molecule has 3 aromatic rings. The van der Waals surface area contributed by atoms with E-state index in [9.17, 15) is 5.11 Å². The van der Waals surface area contributed by atoms with Gasteiger partial charge in [-0.2, -0.15) is 5.10 Å². The average Bonchev–Trinajstić information content (AvgIpc) is 3.14. The largest absolute Gasteiger partial charge is 0.394 e. The Bertz CT molecular complexity index is 850. The minimum absolute atomic E-state index is 0.0531. The number of hydrogen-bond donors (Lipinski definition) is 1. The molecule has 0 bridgehead atoms. The quantitative estimate of drug-likeness (QED) is 0.729. The number of pyridine rings is 1. The van der Waals surface area contributed by atoms with Gasteiger partial charge in [-0.05, 0) is 37.1 Å². The second kappa shape index (κ2) is 8.41. The van der Waals surface area contributed by atoms with Crippen LogP contribution in [0.4, 0.5) is 0 Å². The molecule has 6 heteroatoms. The summed E-state index contributed by atoms with van der Waals surface area (Å²) in [5.74, 6) is 1.65. The van der Waals surface area contributed by atoms with Gasteiger partial charge in [-0.3, -0.25) is 9.88 Å². The molecule has 1 saturated heterocycles. The fourth-order valence-electron chi connectivity index (χ4n) is 3.77. The normalized spacial score (nSPS) is 17.9. The van der Waals surface area contributed by atoms with Gasteiger partial charge in [-0.25, -0.2) is 9.67 Å². The Labute approximate surface area is 159 Å². The highest BCUT2D eigenvalue weighted by atomic mass is 16.3. The lowest BCUT2D eigenvalue weighted by molar-refractivity contribution is 0.128. The summed E-state index contributed by atoms with van der Waals surface area (Å²) in [5, 5.41) is 14.2. The fourth-order valence-corrected chi connectivity index (χ4v) is 3.77. The van der Waals surface area contributed by atoms with E-state index in [4.69, 9.17) is 4.98 Å². The van der Waals surface area contributed by atoms with Crippen LogP contribution in [0.1, 0.15) is 36.7 Å². The third-order valence-electron chi connectivity index (χ3n) is 5.09. The number of aromatic nitrogens is 4. The van der Waals surface area contributed by atoms with E-state index in [1.165, 1.54) is 18.4 Å². The minimum Gasteiger partial charge on any atom is -0.394 e. The number of hydrogen-bond acceptors (Lipinski definition) is 5. The molecule has 1 fully saturated rings. The van der Waals surface area contributed by atoms with Crippen molar-refractivity contribution in [2.24, 2.45) is 0 Å². The highest BCUT2D eigenvalue weighted by Crippen LogP contribution is 2.32. The van der Waals surface area contributed by atoms with E-state index in [1.807, 2.05) is 16.8 Å². The minimum atomic E-state index is 0.0531. The topological polar surface area (TPSA) is 67.1 Å². The molecule has 0 spiro atoms. The van der Waals surface area contributed by atoms with Crippen LogP contribution in [0, 0.1) is 0 Å². The maximum atomic E-state index is 9.51. The first kappa shape index (κ1) is 17.8. The lowest BCUT2D eigenvalue weighted by atomic mass is 10.0. The third-order valence-corrected chi connectivity index (χ3v) is 5.09. The van der Waals surface area contributed by atoms with E-state index in [0.29, 0.717) is 12.4 Å². The molecule has 1 aliphatic rings. The fraction of sp³-hybridized carbons (Fsp3) is 0.381. The molecule has 0 unspecified atom stereocenters. The lowest BCUT2D eigenvalue weighted by Crippen LogP contribution is -2.35. The van der Waals surface area contributed by atoms with Crippen molar-refractivity contribution in [3.63, 3.8) is 0 Å². The van der Waals surface area contributed by atoms with Crippen molar-refractivity contribution in [1.82, 2.24) is 24.6 Å². The van der Waals surface area contributed by atoms with Crippen LogP contribution >= 0.6 is 0 Å². The number of rotatable bonds is 6. The first-order chi connectivity index (χ1) is 13.3. The summed E-state index contributed by atoms with van der Waals surface area (Å²) in [6.45, 7) is 2.47. The Morgan fingerprint density at radius 2 is 1.85 bits per heavy atom. The molecule has 0 saturated carbocycles. The summed E-state index contributed by atoms with van der Waals surface area (Å²) in [4.78, 5) is 11.5. The van der Waals surface area contributed by atoms with Crippen molar-refractivity contribution in [2.45, 2.75) is 38.4 Å². The maximum Gasteiger partial charge on any atom is 0.181 e. The zero-order valence-corrected chi connectivity index (χ0v) is 15.4. The molecule has 1 atom stereocenters. The van der Waals surface area contributed by atoms with Crippen LogP contribution < -0.4 is 0 Å². The average molecular weight is 363 g/mol. The zero-order chi connectivity index (χ0) is 18.5. The van der Waals surface area contributed by atoms with Gasteiger partial charge in [0.05, 0.1) is 19.2 Å².